The number of anilines is 2. The highest BCUT2D eigenvalue weighted by atomic mass is 35.5. The summed E-state index contributed by atoms with van der Waals surface area (Å²) in [5.41, 5.74) is 6.51. The average molecular weight is 653 g/mol. The van der Waals surface area contributed by atoms with Gasteiger partial charge >= 0.3 is 0 Å². The van der Waals surface area contributed by atoms with Crippen molar-refractivity contribution in [2.24, 2.45) is 5.92 Å². The second kappa shape index (κ2) is 13.0. The quantitative estimate of drug-likeness (QED) is 0.129. The van der Waals surface area contributed by atoms with Crippen molar-refractivity contribution in [3.63, 3.8) is 0 Å². The van der Waals surface area contributed by atoms with E-state index >= 15 is 4.39 Å². The topological polar surface area (TPSA) is 100 Å². The lowest BCUT2D eigenvalue weighted by molar-refractivity contribution is 0.0988. The first-order valence-corrected chi connectivity index (χ1v) is 16.1. The van der Waals surface area contributed by atoms with E-state index in [0.717, 1.165) is 24.3 Å². The van der Waals surface area contributed by atoms with Crippen molar-refractivity contribution in [1.29, 1.82) is 5.26 Å². The first kappa shape index (κ1) is 31.5. The Kier molecular flexibility index (Phi) is 9.53. The van der Waals surface area contributed by atoms with Gasteiger partial charge in [0.25, 0.3) is 5.92 Å². The van der Waals surface area contributed by atoms with Crippen LogP contribution in [0.4, 0.5) is 28.4 Å². The summed E-state index contributed by atoms with van der Waals surface area (Å²) in [6.07, 6.45) is 2.72. The van der Waals surface area contributed by atoms with E-state index in [1.54, 1.807) is 6.07 Å². The minimum atomic E-state index is -2.35. The fraction of sp³-hybridized carbons (Fsp3) is 0.414. The van der Waals surface area contributed by atoms with E-state index in [0.29, 0.717) is 54.8 Å². The number of aromatic nitrogens is 2. The number of nitrogen functional groups attached to an aromatic ring is 1. The zero-order valence-electron chi connectivity index (χ0n) is 23.4. The molecule has 2 aromatic heterocycles. The minimum Gasteiger partial charge on any atom is -0.389 e. The van der Waals surface area contributed by atoms with Crippen LogP contribution < -0.4 is 16.0 Å². The molecule has 4 aromatic rings. The first-order chi connectivity index (χ1) is 20.6. The van der Waals surface area contributed by atoms with E-state index in [-0.39, 0.29) is 49.1 Å². The normalized spacial score (nSPS) is 17.8. The Balaban J connectivity index is 0.000000351. The number of fused-ring (bicyclic) bond motifs is 2. The predicted octanol–water partition coefficient (Wildman–Crippen LogP) is 7.10. The van der Waals surface area contributed by atoms with Crippen LogP contribution in [0, 0.1) is 28.9 Å². The van der Waals surface area contributed by atoms with Gasteiger partial charge in [-0.05, 0) is 36.9 Å². The molecule has 1 aliphatic heterocycles. The zero-order valence-corrected chi connectivity index (χ0v) is 25.8. The van der Waals surface area contributed by atoms with E-state index in [9.17, 15) is 18.4 Å². The van der Waals surface area contributed by atoms with Crippen LogP contribution in [0.15, 0.2) is 23.4 Å². The molecule has 2 fully saturated rings. The Bertz CT molecular complexity index is 1700. The van der Waals surface area contributed by atoms with Gasteiger partial charge in [-0.1, -0.05) is 36.4 Å². The van der Waals surface area contributed by atoms with Gasteiger partial charge in [-0.15, -0.1) is 11.3 Å². The number of thiophene rings is 1. The number of nitrogens with one attached hydrogen (secondary N) is 1. The molecule has 1 saturated heterocycles. The van der Waals surface area contributed by atoms with Crippen molar-refractivity contribution in [3.05, 3.63) is 40.4 Å². The molecule has 3 heterocycles. The lowest BCUT2D eigenvalue weighted by Crippen LogP contribution is -2.27. The van der Waals surface area contributed by atoms with Gasteiger partial charge in [-0.3, -0.25) is 0 Å². The van der Waals surface area contributed by atoms with Crippen LogP contribution in [0.2, 0.25) is 5.02 Å². The van der Waals surface area contributed by atoms with Crippen LogP contribution in [-0.4, -0.2) is 61.5 Å². The molecule has 1 atom stereocenters. The maximum absolute atomic E-state index is 16.2. The number of nitriles is 1. The third-order valence-corrected chi connectivity index (χ3v) is 9.22. The molecule has 14 heteroatoms. The summed E-state index contributed by atoms with van der Waals surface area (Å²) in [7, 11) is 0. The smallest absolute Gasteiger partial charge is 0.252 e. The molecule has 6 rings (SSSR count). The summed E-state index contributed by atoms with van der Waals surface area (Å²) >= 11 is 8.91. The molecule has 1 unspecified atom stereocenters. The van der Waals surface area contributed by atoms with E-state index in [1.807, 2.05) is 19.2 Å². The number of halogens is 5. The second-order valence-electron chi connectivity index (χ2n) is 10.2. The number of alkyl halides is 2. The number of benzene rings is 2. The van der Waals surface area contributed by atoms with E-state index in [1.165, 1.54) is 23.9 Å². The Labute approximate surface area is 259 Å². The molecule has 0 bridgehead atoms. The molecule has 1 saturated carbocycles. The monoisotopic (exact) mass is 652 g/mol. The van der Waals surface area contributed by atoms with Crippen molar-refractivity contribution in [2.75, 3.05) is 56.3 Å². The van der Waals surface area contributed by atoms with Crippen molar-refractivity contribution < 1.29 is 22.3 Å². The Morgan fingerprint density at radius 2 is 2.05 bits per heavy atom. The molecule has 0 spiro atoms. The van der Waals surface area contributed by atoms with Crippen molar-refractivity contribution in [1.82, 2.24) is 15.3 Å². The summed E-state index contributed by atoms with van der Waals surface area (Å²) in [5.74, 6) is -3.32. The number of ether oxygens (including phenoxy) is 1. The number of rotatable bonds is 6. The number of hydrogen-bond donors (Lipinski definition) is 2. The largest absolute Gasteiger partial charge is 0.389 e. The van der Waals surface area contributed by atoms with Crippen molar-refractivity contribution >= 4 is 66.5 Å². The highest BCUT2D eigenvalue weighted by Gasteiger charge is 2.56. The SMILES string of the molecule is CCNCC1CC1(F)F.CSc1nc(N2CCCOCC2)c2cc(Cl)c(-c3ccc(F)c4sc(N)c(C#N)c34)c(F)c2n1. The Morgan fingerprint density at radius 1 is 1.28 bits per heavy atom. The van der Waals surface area contributed by atoms with Gasteiger partial charge in [0.1, 0.15) is 28.2 Å². The molecule has 43 heavy (non-hydrogen) atoms. The molecule has 3 N–H and O–H groups in total. The summed E-state index contributed by atoms with van der Waals surface area (Å²) in [5, 5.41) is 13.9. The van der Waals surface area contributed by atoms with Gasteiger partial charge in [0.2, 0.25) is 0 Å². The fourth-order valence-corrected chi connectivity index (χ4v) is 6.62. The average Bonchev–Trinajstić information content (AvgIpc) is 3.58. The molecule has 1 aliphatic carbocycles. The van der Waals surface area contributed by atoms with Crippen molar-refractivity contribution in [2.45, 2.75) is 30.8 Å². The highest BCUT2D eigenvalue weighted by Crippen LogP contribution is 2.48. The van der Waals surface area contributed by atoms with Crippen LogP contribution >= 0.6 is 34.7 Å². The van der Waals surface area contributed by atoms with Gasteiger partial charge in [-0.2, -0.15) is 5.26 Å². The maximum atomic E-state index is 16.2. The van der Waals surface area contributed by atoms with Crippen LogP contribution in [0.1, 0.15) is 25.3 Å². The summed E-state index contributed by atoms with van der Waals surface area (Å²) in [4.78, 5) is 11.1. The lowest BCUT2D eigenvalue weighted by atomic mass is 9.97. The van der Waals surface area contributed by atoms with Crippen LogP contribution in [0.5, 0.6) is 0 Å². The molecule has 2 aromatic carbocycles. The fourth-order valence-electron chi connectivity index (χ4n) is 5.02. The van der Waals surface area contributed by atoms with E-state index in [4.69, 9.17) is 22.1 Å². The number of thioether (sulfide) groups is 1. The first-order valence-electron chi connectivity index (χ1n) is 13.7. The minimum absolute atomic E-state index is 0.0457. The summed E-state index contributed by atoms with van der Waals surface area (Å²) in [6, 6.07) is 6.30. The molecule has 0 amide bonds. The predicted molar refractivity (Wildman–Crippen MR) is 165 cm³/mol. The van der Waals surface area contributed by atoms with Gasteiger partial charge in [0, 0.05) is 54.9 Å². The van der Waals surface area contributed by atoms with Gasteiger partial charge in [-0.25, -0.2) is 27.5 Å². The molecule has 2 aliphatic rings. The Morgan fingerprint density at radius 3 is 2.72 bits per heavy atom. The number of nitrogens with zero attached hydrogens (tertiary/aromatic N) is 4. The van der Waals surface area contributed by atoms with Gasteiger partial charge < -0.3 is 20.7 Å². The maximum Gasteiger partial charge on any atom is 0.252 e. The summed E-state index contributed by atoms with van der Waals surface area (Å²) < 4.78 is 60.6. The van der Waals surface area contributed by atoms with Gasteiger partial charge in [0.15, 0.2) is 11.0 Å². The molecule has 7 nitrogen and oxygen atoms in total. The van der Waals surface area contributed by atoms with Crippen LogP contribution in [0.3, 0.4) is 0 Å². The molecular formula is C29H29ClF4N6OS2. The van der Waals surface area contributed by atoms with Crippen LogP contribution in [-0.2, 0) is 4.74 Å². The third-order valence-electron chi connectivity index (χ3n) is 7.34. The number of nitrogens with two attached hydrogens (primary N) is 1. The molecule has 0 radical (unpaired) electrons. The van der Waals surface area contributed by atoms with Crippen LogP contribution in [0.25, 0.3) is 32.1 Å². The zero-order chi connectivity index (χ0) is 30.9. The van der Waals surface area contributed by atoms with Gasteiger partial charge in [0.05, 0.1) is 21.9 Å². The summed E-state index contributed by atoms with van der Waals surface area (Å²) in [6.45, 7) is 5.69. The number of hydrogen-bond acceptors (Lipinski definition) is 9. The van der Waals surface area contributed by atoms with E-state index < -0.39 is 17.6 Å². The molecular weight excluding hydrogens is 624 g/mol. The second-order valence-corrected chi connectivity index (χ2v) is 12.4. The van der Waals surface area contributed by atoms with Crippen molar-refractivity contribution in [3.8, 4) is 17.2 Å². The highest BCUT2D eigenvalue weighted by molar-refractivity contribution is 7.98. The van der Waals surface area contributed by atoms with E-state index in [2.05, 4.69) is 20.2 Å². The third kappa shape index (κ3) is 6.35. The standard InChI is InChI=1S/C23H18ClF2N5OS2.C6H11F2N/c1-33-23-29-19-12(22(30-23)31-5-2-7-32-8-6-31)9-14(24)17(18(19)26)11-3-4-15(25)20-16(11)13(10-27)21(28)34-20;1-2-9-4-5-3-6(5,7)8/h3-4,9H,2,5-8,28H2,1H3;5,9H,2-4H2,1H3. The lowest BCUT2D eigenvalue weighted by Gasteiger charge is -2.23. The molecule has 228 valence electrons. The Hall–Kier alpha value is -2.89.